The molecule has 9 heteroatoms. The first-order valence-corrected chi connectivity index (χ1v) is 30.2. The first kappa shape index (κ1) is 49.8. The first-order valence-electron chi connectivity index (χ1n) is 29.7. The summed E-state index contributed by atoms with van der Waals surface area (Å²) in [7, 11) is -2.87. The van der Waals surface area contributed by atoms with Crippen LogP contribution < -0.4 is 30.1 Å². The Morgan fingerprint density at radius 3 is 1.91 bits per heavy atom. The van der Waals surface area contributed by atoms with Crippen LogP contribution in [0, 0.1) is 25.3 Å². The third kappa shape index (κ3) is 9.03. The van der Waals surface area contributed by atoms with Gasteiger partial charge in [0.15, 0.2) is 8.07 Å². The van der Waals surface area contributed by atoms with E-state index in [-0.39, 0.29) is 32.0 Å². The van der Waals surface area contributed by atoms with Crippen LogP contribution in [0.2, 0.25) is 0 Å². The third-order valence-electron chi connectivity index (χ3n) is 16.3. The van der Waals surface area contributed by atoms with Crippen molar-refractivity contribution in [3.8, 4) is 51.1 Å². The monoisotopic (exact) mass is 1300 g/mol. The molecule has 0 saturated carbocycles. The van der Waals surface area contributed by atoms with Gasteiger partial charge >= 0.3 is 0 Å². The largest absolute Gasteiger partial charge is 0.522 e. The summed E-state index contributed by atoms with van der Waals surface area (Å²) in [5, 5.41) is 8.81. The number of hydrogen-bond donors (Lipinski definition) is 0. The summed E-state index contributed by atoms with van der Waals surface area (Å²) in [4.78, 5) is 9.96. The topological polar surface area (TPSA) is 61.9 Å². The maximum atomic E-state index is 8.89. The Hall–Kier alpha value is -9.72. The molecule has 0 bridgehead atoms. The second kappa shape index (κ2) is 21.5. The van der Waals surface area contributed by atoms with E-state index >= 15 is 0 Å². The van der Waals surface area contributed by atoms with E-state index in [1.54, 1.807) is 24.5 Å². The molecule has 10 aromatic carbocycles. The van der Waals surface area contributed by atoms with Crippen molar-refractivity contribution in [3.05, 3.63) is 291 Å². The van der Waals surface area contributed by atoms with Crippen LogP contribution in [0.3, 0.4) is 0 Å². The quantitative estimate of drug-likeness (QED) is 0.0560. The molecule has 412 valence electrons. The minimum atomic E-state index is -2.87. The van der Waals surface area contributed by atoms with Crippen molar-refractivity contribution in [3.63, 3.8) is 0 Å². The van der Waals surface area contributed by atoms with Crippen molar-refractivity contribution >= 4 is 83.6 Å². The van der Waals surface area contributed by atoms with Crippen LogP contribution in [0.15, 0.2) is 266 Å². The smallest absolute Gasteiger partial charge is 0.269 e. The van der Waals surface area contributed by atoms with E-state index < -0.39 is 14.9 Å². The molecule has 0 unspecified atom stereocenters. The van der Waals surface area contributed by atoms with Gasteiger partial charge in [-0.25, -0.2) is 4.98 Å². The Kier molecular flexibility index (Phi) is 12.6. The molecule has 15 aromatic rings. The fraction of sp³-hybridized carbons (Fsp3) is 0.0658. The summed E-state index contributed by atoms with van der Waals surface area (Å²) in [5.41, 5.74) is 10.2. The van der Waals surface area contributed by atoms with E-state index in [4.69, 9.17) is 23.2 Å². The van der Waals surface area contributed by atoms with Crippen molar-refractivity contribution in [2.75, 3.05) is 0 Å². The number of furan rings is 1. The summed E-state index contributed by atoms with van der Waals surface area (Å²) >= 11 is 0. The Bertz CT molecular complexity index is 5040. The van der Waals surface area contributed by atoms with Crippen LogP contribution in [-0.4, -0.2) is 27.2 Å². The van der Waals surface area contributed by atoms with E-state index in [9.17, 15) is 0 Å². The molecule has 5 heterocycles. The van der Waals surface area contributed by atoms with Gasteiger partial charge in [0, 0.05) is 59.0 Å². The van der Waals surface area contributed by atoms with Gasteiger partial charge in [-0.3, -0.25) is 14.1 Å². The van der Waals surface area contributed by atoms with Gasteiger partial charge in [-0.15, -0.1) is 17.5 Å². The van der Waals surface area contributed by atoms with Gasteiger partial charge in [0.05, 0.1) is 22.5 Å². The predicted octanol–water partition coefficient (Wildman–Crippen LogP) is 15.2. The standard InChI is InChI=1S/C76H55N5O2Si.Pt/c1-51-45-73(78-49-64(51)62-34-22-40-71-74(62)63-32-15-19-39-70(63)83-71)81-66-36-16-14-31-60(66)61-42-41-53(47-69(61)81)82-54-43-44-77-72(48-54)79-50-80(68-38-18-17-37-67(68)79)75-59(33-21-35-65(75)76(2,3)4)52-23-20-30-58(46-52)84(55-24-8-5-9-25-55,56-26-10-6-11-27-56)57-28-12-7-13-29-57;/h5-46,49H,1-4H3;/q-2;/i1D3;. The minimum Gasteiger partial charge on any atom is -0.522 e. The zero-order valence-electron chi connectivity index (χ0n) is 49.7. The second-order valence-corrected chi connectivity index (χ2v) is 26.1. The zero-order chi connectivity index (χ0) is 59.0. The van der Waals surface area contributed by atoms with Gasteiger partial charge in [0.1, 0.15) is 17.0 Å². The number of rotatable bonds is 11. The number of aromatic nitrogens is 5. The van der Waals surface area contributed by atoms with Crippen molar-refractivity contribution in [2.45, 2.75) is 33.0 Å². The molecule has 5 aromatic heterocycles. The van der Waals surface area contributed by atoms with Crippen LogP contribution in [0.25, 0.3) is 94.4 Å². The summed E-state index contributed by atoms with van der Waals surface area (Å²) in [6, 6.07) is 93.3. The Morgan fingerprint density at radius 2 is 1.16 bits per heavy atom. The van der Waals surface area contributed by atoms with Crippen LogP contribution in [0.4, 0.5) is 0 Å². The van der Waals surface area contributed by atoms with Crippen molar-refractivity contribution < 1.29 is 38.9 Å². The van der Waals surface area contributed by atoms with Gasteiger partial charge in [0.2, 0.25) is 0 Å². The fourth-order valence-corrected chi connectivity index (χ4v) is 17.4. The number of ether oxygens (including phenoxy) is 1. The summed E-state index contributed by atoms with van der Waals surface area (Å²) < 4.78 is 45.7. The molecule has 0 aliphatic rings. The number of pyridine rings is 2. The van der Waals surface area contributed by atoms with Crippen molar-refractivity contribution in [1.29, 1.82) is 0 Å². The molecule has 0 N–H and O–H groups in total. The molecule has 15 rings (SSSR count). The fourth-order valence-electron chi connectivity index (χ4n) is 12.6. The second-order valence-electron chi connectivity index (χ2n) is 22.3. The molecule has 0 radical (unpaired) electrons. The SMILES string of the molecule is [2H]C([2H])([2H])c1cc(-n2c3[c-]c(Oc4[c-]c(-n5[c-][n+](-c6c(-c7cccc([Si](c8ccccc8)(c8ccccc8)c8ccccc8)c7)cccc6C(C)(C)C)c6ccccc65)ncc4)ccc3c3ccccc32)ncc1-c1cccc2oc3ccccc3c12.[Pt]. The minimum absolute atomic E-state index is 0. The van der Waals surface area contributed by atoms with Gasteiger partial charge < -0.3 is 13.7 Å². The summed E-state index contributed by atoms with van der Waals surface area (Å²) in [6.45, 7) is 4.30. The molecule has 85 heavy (non-hydrogen) atoms. The van der Waals surface area contributed by atoms with Crippen LogP contribution in [0.1, 0.15) is 36.0 Å². The molecule has 0 atom stereocenters. The van der Waals surface area contributed by atoms with Crippen molar-refractivity contribution in [1.82, 2.24) is 19.1 Å². The van der Waals surface area contributed by atoms with Crippen LogP contribution in [-0.2, 0) is 26.5 Å². The summed E-state index contributed by atoms with van der Waals surface area (Å²) in [5.74, 6) is 1.76. The van der Waals surface area contributed by atoms with Gasteiger partial charge in [-0.2, -0.15) is 18.2 Å². The molecular weight excluding hydrogens is 1240 g/mol. The number of fused-ring (bicyclic) bond motifs is 7. The molecular formula is C76H55N5O2PtSi-2. The van der Waals surface area contributed by atoms with Crippen LogP contribution in [0.5, 0.6) is 11.5 Å². The average molecular weight is 1300 g/mol. The van der Waals surface area contributed by atoms with Gasteiger partial charge in [0.25, 0.3) is 6.33 Å². The van der Waals surface area contributed by atoms with E-state index in [1.165, 1.54) is 20.7 Å². The molecule has 0 spiro atoms. The number of benzene rings is 10. The van der Waals surface area contributed by atoms with E-state index in [0.717, 1.165) is 71.6 Å². The molecule has 0 aliphatic heterocycles. The number of aryl methyl sites for hydroxylation is 1. The van der Waals surface area contributed by atoms with E-state index in [1.807, 2.05) is 88.0 Å². The number of hydrogen-bond acceptors (Lipinski definition) is 4. The number of imidazole rings is 1. The third-order valence-corrected chi connectivity index (χ3v) is 21.1. The maximum absolute atomic E-state index is 8.89. The number of para-hydroxylation sites is 5. The van der Waals surface area contributed by atoms with Gasteiger partial charge in [-0.05, 0) is 96.2 Å². The molecule has 0 aliphatic carbocycles. The molecule has 0 saturated heterocycles. The average Bonchev–Trinajstić information content (AvgIpc) is 1.39. The summed E-state index contributed by atoms with van der Waals surface area (Å²) in [6.07, 6.45) is 7.19. The molecule has 7 nitrogen and oxygen atoms in total. The Morgan fingerprint density at radius 1 is 0.541 bits per heavy atom. The van der Waals surface area contributed by atoms with Gasteiger partial charge in [-0.1, -0.05) is 239 Å². The molecule has 0 fully saturated rings. The Labute approximate surface area is 513 Å². The van der Waals surface area contributed by atoms with E-state index in [2.05, 4.69) is 202 Å². The normalized spacial score (nSPS) is 12.6. The Balaban J connectivity index is 0.00000680. The van der Waals surface area contributed by atoms with E-state index in [0.29, 0.717) is 39.8 Å². The first-order chi connectivity index (χ1) is 42.4. The van der Waals surface area contributed by atoms with Crippen LogP contribution >= 0.6 is 0 Å². The van der Waals surface area contributed by atoms with Crippen molar-refractivity contribution in [2.24, 2.45) is 0 Å². The maximum Gasteiger partial charge on any atom is 0.269 e. The molecule has 0 amide bonds. The number of nitrogens with zero attached hydrogens (tertiary/aromatic N) is 5. The zero-order valence-corrected chi connectivity index (χ0v) is 50.0. The predicted molar refractivity (Wildman–Crippen MR) is 343 cm³/mol.